The molecule has 0 amide bonds. The van der Waals surface area contributed by atoms with Crippen molar-refractivity contribution in [2.45, 2.75) is 37.6 Å². The van der Waals surface area contributed by atoms with Gasteiger partial charge >= 0.3 is 0 Å². The Morgan fingerprint density at radius 1 is 1.35 bits per heavy atom. The fourth-order valence-corrected chi connectivity index (χ4v) is 2.25. The zero-order valence-corrected chi connectivity index (χ0v) is 11.0. The molecule has 0 aliphatic heterocycles. The lowest BCUT2D eigenvalue weighted by atomic mass is 10.2. The molecule has 0 aliphatic rings. The summed E-state index contributed by atoms with van der Waals surface area (Å²) in [4.78, 5) is 8.69. The molecule has 0 saturated heterocycles. The van der Waals surface area contributed by atoms with Crippen molar-refractivity contribution in [1.82, 2.24) is 9.97 Å². The molecule has 0 aliphatic carbocycles. The van der Waals surface area contributed by atoms with E-state index < -0.39 is 0 Å². The van der Waals surface area contributed by atoms with Crippen LogP contribution in [-0.2, 0) is 6.54 Å². The summed E-state index contributed by atoms with van der Waals surface area (Å²) in [7, 11) is 0. The summed E-state index contributed by atoms with van der Waals surface area (Å²) in [5, 5.41) is 1.54. The number of rotatable bonds is 3. The van der Waals surface area contributed by atoms with Gasteiger partial charge in [0.2, 0.25) is 0 Å². The van der Waals surface area contributed by atoms with Gasteiger partial charge in [0.25, 0.3) is 5.22 Å². The molecule has 0 spiro atoms. The molecule has 2 heterocycles. The molecule has 2 N–H and O–H groups in total. The van der Waals surface area contributed by atoms with Crippen LogP contribution in [0.3, 0.4) is 0 Å². The summed E-state index contributed by atoms with van der Waals surface area (Å²) in [5.74, 6) is 0.851. The Morgan fingerprint density at radius 3 is 2.65 bits per heavy atom. The topological polar surface area (TPSA) is 64.9 Å². The Hall–Kier alpha value is -1.33. The minimum absolute atomic E-state index is 0.510. The predicted octanol–water partition coefficient (Wildman–Crippen LogP) is 2.60. The Labute approximate surface area is 105 Å². The number of pyridine rings is 1. The van der Waals surface area contributed by atoms with Crippen LogP contribution in [0.2, 0.25) is 0 Å². The van der Waals surface area contributed by atoms with Crippen LogP contribution >= 0.6 is 11.8 Å². The molecule has 2 aromatic heterocycles. The first-order valence-electron chi connectivity index (χ1n) is 5.37. The van der Waals surface area contributed by atoms with Gasteiger partial charge in [-0.2, -0.15) is 0 Å². The average molecular weight is 249 g/mol. The van der Waals surface area contributed by atoms with E-state index in [0.717, 1.165) is 27.6 Å². The van der Waals surface area contributed by atoms with E-state index in [1.165, 1.54) is 11.8 Å². The maximum absolute atomic E-state index is 5.57. The lowest BCUT2D eigenvalue weighted by Crippen LogP contribution is -1.98. The van der Waals surface area contributed by atoms with Crippen molar-refractivity contribution < 1.29 is 4.42 Å². The number of aromatic nitrogens is 2. The first-order valence-corrected chi connectivity index (χ1v) is 6.19. The number of nitrogens with zero attached hydrogens (tertiary/aromatic N) is 2. The van der Waals surface area contributed by atoms with Crippen LogP contribution < -0.4 is 5.73 Å². The monoisotopic (exact) mass is 249 g/mol. The van der Waals surface area contributed by atoms with Crippen molar-refractivity contribution >= 4 is 11.8 Å². The zero-order valence-electron chi connectivity index (χ0n) is 10.2. The van der Waals surface area contributed by atoms with Crippen LogP contribution in [-0.4, -0.2) is 9.97 Å². The molecule has 0 radical (unpaired) electrons. The Bertz CT molecular complexity index is 517. The van der Waals surface area contributed by atoms with Crippen LogP contribution in [0.4, 0.5) is 0 Å². The van der Waals surface area contributed by atoms with E-state index >= 15 is 0 Å². The summed E-state index contributed by atoms with van der Waals surface area (Å²) in [5.41, 5.74) is 8.61. The molecular formula is C12H15N3OS. The van der Waals surface area contributed by atoms with Crippen LogP contribution in [0.1, 0.15) is 22.6 Å². The lowest BCUT2D eigenvalue weighted by Gasteiger charge is -2.03. The Balaban J connectivity index is 2.24. The van der Waals surface area contributed by atoms with E-state index in [0.29, 0.717) is 11.8 Å². The highest BCUT2D eigenvalue weighted by Gasteiger charge is 2.10. The molecule has 0 unspecified atom stereocenters. The third kappa shape index (κ3) is 2.68. The van der Waals surface area contributed by atoms with Gasteiger partial charge in [-0.15, -0.1) is 0 Å². The van der Waals surface area contributed by atoms with Crippen molar-refractivity contribution in [3.63, 3.8) is 0 Å². The Morgan fingerprint density at radius 2 is 2.12 bits per heavy atom. The van der Waals surface area contributed by atoms with Crippen LogP contribution in [0.25, 0.3) is 0 Å². The molecule has 17 heavy (non-hydrogen) atoms. The van der Waals surface area contributed by atoms with Crippen LogP contribution in [0.15, 0.2) is 26.9 Å². The normalized spacial score (nSPS) is 10.8. The minimum Gasteiger partial charge on any atom is -0.436 e. The van der Waals surface area contributed by atoms with Crippen LogP contribution in [0, 0.1) is 20.8 Å². The van der Waals surface area contributed by atoms with Crippen LogP contribution in [0.5, 0.6) is 0 Å². The van der Waals surface area contributed by atoms with E-state index in [4.69, 9.17) is 10.2 Å². The van der Waals surface area contributed by atoms with Gasteiger partial charge < -0.3 is 10.2 Å². The smallest absolute Gasteiger partial charge is 0.262 e. The molecular weight excluding hydrogens is 234 g/mol. The standard InChI is InChI=1S/C12H15N3OS/c1-7-4-10(5-13)6-14-11(7)17-12-15-8(2)9(3)16-12/h4,6H,5,13H2,1-3H3. The first-order chi connectivity index (χ1) is 8.10. The van der Waals surface area contributed by atoms with Gasteiger partial charge in [0.05, 0.1) is 5.69 Å². The zero-order chi connectivity index (χ0) is 12.4. The quantitative estimate of drug-likeness (QED) is 0.905. The van der Waals surface area contributed by atoms with Gasteiger partial charge in [-0.25, -0.2) is 9.97 Å². The Kier molecular flexibility index (Phi) is 3.49. The fourth-order valence-electron chi connectivity index (χ4n) is 1.41. The van der Waals surface area contributed by atoms with Crippen molar-refractivity contribution in [3.05, 3.63) is 34.8 Å². The maximum Gasteiger partial charge on any atom is 0.262 e. The van der Waals surface area contributed by atoms with E-state index in [1.807, 2.05) is 26.8 Å². The number of oxazole rings is 1. The second-order valence-electron chi connectivity index (χ2n) is 3.89. The van der Waals surface area contributed by atoms with E-state index in [2.05, 4.69) is 9.97 Å². The van der Waals surface area contributed by atoms with Gasteiger partial charge in [-0.3, -0.25) is 0 Å². The molecule has 0 atom stereocenters. The number of hydrogen-bond donors (Lipinski definition) is 1. The summed E-state index contributed by atoms with van der Waals surface area (Å²) in [6, 6.07) is 2.04. The summed E-state index contributed by atoms with van der Waals surface area (Å²) < 4.78 is 5.52. The number of nitrogens with two attached hydrogens (primary N) is 1. The van der Waals surface area contributed by atoms with Gasteiger partial charge in [0.1, 0.15) is 10.8 Å². The number of hydrogen-bond acceptors (Lipinski definition) is 5. The predicted molar refractivity (Wildman–Crippen MR) is 67.0 cm³/mol. The van der Waals surface area contributed by atoms with Gasteiger partial charge in [-0.05, 0) is 43.7 Å². The highest BCUT2D eigenvalue weighted by molar-refractivity contribution is 7.99. The van der Waals surface area contributed by atoms with E-state index in [1.54, 1.807) is 6.20 Å². The van der Waals surface area contributed by atoms with Crippen molar-refractivity contribution in [2.75, 3.05) is 0 Å². The highest BCUT2D eigenvalue weighted by Crippen LogP contribution is 2.29. The molecule has 90 valence electrons. The average Bonchev–Trinajstić information content (AvgIpc) is 2.61. The molecule has 0 saturated carbocycles. The minimum atomic E-state index is 0.510. The molecule has 0 aromatic carbocycles. The van der Waals surface area contributed by atoms with Crippen molar-refractivity contribution in [1.29, 1.82) is 0 Å². The third-order valence-corrected chi connectivity index (χ3v) is 3.49. The van der Waals surface area contributed by atoms with E-state index in [-0.39, 0.29) is 0 Å². The van der Waals surface area contributed by atoms with E-state index in [9.17, 15) is 0 Å². The molecule has 5 heteroatoms. The summed E-state index contributed by atoms with van der Waals surface area (Å²) in [6.45, 7) is 6.36. The van der Waals surface area contributed by atoms with Gasteiger partial charge in [0, 0.05) is 12.7 Å². The second kappa shape index (κ2) is 4.89. The fraction of sp³-hybridized carbons (Fsp3) is 0.333. The maximum atomic E-state index is 5.57. The molecule has 0 fully saturated rings. The SMILES string of the molecule is Cc1cc(CN)cnc1Sc1nc(C)c(C)o1. The molecule has 2 aromatic rings. The third-order valence-electron chi connectivity index (χ3n) is 2.52. The lowest BCUT2D eigenvalue weighted by molar-refractivity contribution is 0.431. The summed E-state index contributed by atoms with van der Waals surface area (Å²) >= 11 is 1.44. The number of aryl methyl sites for hydroxylation is 3. The molecule has 0 bridgehead atoms. The second-order valence-corrected chi connectivity index (χ2v) is 4.83. The highest BCUT2D eigenvalue weighted by atomic mass is 32.2. The summed E-state index contributed by atoms with van der Waals surface area (Å²) in [6.07, 6.45) is 1.79. The van der Waals surface area contributed by atoms with Crippen molar-refractivity contribution in [2.24, 2.45) is 5.73 Å². The molecule has 2 rings (SSSR count). The van der Waals surface area contributed by atoms with Crippen molar-refractivity contribution in [3.8, 4) is 0 Å². The first kappa shape index (κ1) is 12.1. The largest absolute Gasteiger partial charge is 0.436 e. The molecule has 4 nitrogen and oxygen atoms in total. The van der Waals surface area contributed by atoms with Gasteiger partial charge in [-0.1, -0.05) is 6.07 Å². The van der Waals surface area contributed by atoms with Gasteiger partial charge in [0.15, 0.2) is 0 Å².